The van der Waals surface area contributed by atoms with Crippen molar-refractivity contribution in [3.05, 3.63) is 36.5 Å². The molecule has 5 nitrogen and oxygen atoms in total. The zero-order valence-corrected chi connectivity index (χ0v) is 12.5. The maximum Gasteiger partial charge on any atom is 0.258 e. The summed E-state index contributed by atoms with van der Waals surface area (Å²) in [7, 11) is 0. The first-order chi connectivity index (χ1) is 10.7. The predicted octanol–water partition coefficient (Wildman–Crippen LogP) is 2.37. The number of para-hydroxylation sites is 1. The van der Waals surface area contributed by atoms with E-state index in [1.165, 1.54) is 6.42 Å². The number of nitrogens with zero attached hydrogens (tertiary/aromatic N) is 1. The molecule has 0 unspecified atom stereocenters. The molecule has 22 heavy (non-hydrogen) atoms. The topological polar surface area (TPSA) is 63.1 Å². The summed E-state index contributed by atoms with van der Waals surface area (Å²) in [4.78, 5) is 24.0. The van der Waals surface area contributed by atoms with Crippen molar-refractivity contribution >= 4 is 22.7 Å². The molecule has 0 saturated heterocycles. The average Bonchev–Trinajstić information content (AvgIpc) is 2.97. The number of hydrogen-bond donors (Lipinski definition) is 2. The fraction of sp³-hybridized carbons (Fsp3) is 0.412. The first-order valence-electron chi connectivity index (χ1n) is 7.86. The van der Waals surface area contributed by atoms with Gasteiger partial charge < -0.3 is 4.57 Å². The maximum atomic E-state index is 12.0. The fourth-order valence-corrected chi connectivity index (χ4v) is 3.07. The van der Waals surface area contributed by atoms with Crippen LogP contribution in [0.5, 0.6) is 0 Å². The van der Waals surface area contributed by atoms with Gasteiger partial charge in [0.05, 0.1) is 0 Å². The summed E-state index contributed by atoms with van der Waals surface area (Å²) in [6.45, 7) is 0.193. The fourth-order valence-electron chi connectivity index (χ4n) is 3.07. The Labute approximate surface area is 129 Å². The second kappa shape index (κ2) is 6.64. The Balaban J connectivity index is 1.53. The number of fused-ring (bicyclic) bond motifs is 1. The summed E-state index contributed by atoms with van der Waals surface area (Å²) >= 11 is 0. The van der Waals surface area contributed by atoms with Crippen LogP contribution in [0.3, 0.4) is 0 Å². The molecule has 0 spiro atoms. The van der Waals surface area contributed by atoms with E-state index in [1.807, 2.05) is 41.1 Å². The van der Waals surface area contributed by atoms with Gasteiger partial charge in [-0.2, -0.15) is 0 Å². The smallest absolute Gasteiger partial charge is 0.258 e. The van der Waals surface area contributed by atoms with Crippen molar-refractivity contribution in [3.63, 3.8) is 0 Å². The Morgan fingerprint density at radius 1 is 1.05 bits per heavy atom. The number of benzene rings is 1. The number of hydrogen-bond acceptors (Lipinski definition) is 2. The SMILES string of the molecule is O=C(Cn1ccc2ccccc21)NNC(=O)C1CCCCC1. The van der Waals surface area contributed by atoms with Crippen LogP contribution >= 0.6 is 0 Å². The minimum absolute atomic E-state index is 0.0430. The van der Waals surface area contributed by atoms with E-state index in [-0.39, 0.29) is 24.3 Å². The van der Waals surface area contributed by atoms with Gasteiger partial charge in [0.25, 0.3) is 5.91 Å². The van der Waals surface area contributed by atoms with E-state index in [1.54, 1.807) is 0 Å². The second-order valence-electron chi connectivity index (χ2n) is 5.87. The minimum Gasteiger partial charge on any atom is -0.338 e. The lowest BCUT2D eigenvalue weighted by atomic mass is 9.89. The van der Waals surface area contributed by atoms with Gasteiger partial charge in [-0.25, -0.2) is 0 Å². The van der Waals surface area contributed by atoms with Gasteiger partial charge in [-0.3, -0.25) is 20.4 Å². The summed E-state index contributed by atoms with van der Waals surface area (Å²) in [5.74, 6) is -0.239. The first-order valence-corrected chi connectivity index (χ1v) is 7.86. The lowest BCUT2D eigenvalue weighted by Crippen LogP contribution is -2.46. The average molecular weight is 299 g/mol. The van der Waals surface area contributed by atoms with Crippen molar-refractivity contribution in [2.45, 2.75) is 38.6 Å². The summed E-state index contributed by atoms with van der Waals surface area (Å²) < 4.78 is 1.87. The highest BCUT2D eigenvalue weighted by Crippen LogP contribution is 2.23. The first kappa shape index (κ1) is 14.6. The molecule has 1 aliphatic carbocycles. The van der Waals surface area contributed by atoms with Gasteiger partial charge in [0.1, 0.15) is 6.54 Å². The van der Waals surface area contributed by atoms with Gasteiger partial charge in [-0.05, 0) is 30.4 Å². The standard InChI is InChI=1S/C17H21N3O2/c21-16(18-19-17(22)14-7-2-1-3-8-14)12-20-11-10-13-6-4-5-9-15(13)20/h4-6,9-11,14H,1-3,7-8,12H2,(H,18,21)(H,19,22). The normalized spacial score (nSPS) is 15.6. The summed E-state index contributed by atoms with van der Waals surface area (Å²) in [5.41, 5.74) is 6.09. The van der Waals surface area contributed by atoms with Crippen LogP contribution in [0.25, 0.3) is 10.9 Å². The Morgan fingerprint density at radius 2 is 1.82 bits per heavy atom. The lowest BCUT2D eigenvalue weighted by Gasteiger charge is -2.20. The quantitative estimate of drug-likeness (QED) is 0.855. The Bertz CT molecular complexity index is 671. The molecule has 116 valence electrons. The van der Waals surface area contributed by atoms with E-state index in [2.05, 4.69) is 10.9 Å². The minimum atomic E-state index is -0.217. The van der Waals surface area contributed by atoms with E-state index < -0.39 is 0 Å². The van der Waals surface area contributed by atoms with Gasteiger partial charge >= 0.3 is 0 Å². The molecule has 0 radical (unpaired) electrons. The van der Waals surface area contributed by atoms with E-state index in [0.29, 0.717) is 0 Å². The third-order valence-electron chi connectivity index (χ3n) is 4.30. The van der Waals surface area contributed by atoms with Gasteiger partial charge in [-0.15, -0.1) is 0 Å². The van der Waals surface area contributed by atoms with Crippen LogP contribution in [0.4, 0.5) is 0 Å². The third kappa shape index (κ3) is 3.30. The molecule has 1 aliphatic rings. The van der Waals surface area contributed by atoms with Gasteiger partial charge in [0.2, 0.25) is 5.91 Å². The van der Waals surface area contributed by atoms with Crippen LogP contribution in [0.1, 0.15) is 32.1 Å². The van der Waals surface area contributed by atoms with Gasteiger partial charge in [0, 0.05) is 17.6 Å². The number of carbonyl (C=O) groups excluding carboxylic acids is 2. The van der Waals surface area contributed by atoms with E-state index in [4.69, 9.17) is 0 Å². The maximum absolute atomic E-state index is 12.0. The van der Waals surface area contributed by atoms with Crippen LogP contribution < -0.4 is 10.9 Å². The predicted molar refractivity (Wildman–Crippen MR) is 84.8 cm³/mol. The molecule has 0 atom stereocenters. The van der Waals surface area contributed by atoms with Gasteiger partial charge in [-0.1, -0.05) is 37.5 Å². The van der Waals surface area contributed by atoms with Crippen LogP contribution in [0.15, 0.2) is 36.5 Å². The van der Waals surface area contributed by atoms with Crippen molar-refractivity contribution in [1.82, 2.24) is 15.4 Å². The molecule has 0 bridgehead atoms. The van der Waals surface area contributed by atoms with E-state index >= 15 is 0 Å². The zero-order chi connectivity index (χ0) is 15.4. The summed E-state index contributed by atoms with van der Waals surface area (Å²) in [5, 5.41) is 1.10. The van der Waals surface area contributed by atoms with Crippen LogP contribution in [-0.4, -0.2) is 16.4 Å². The van der Waals surface area contributed by atoms with Crippen molar-refractivity contribution in [1.29, 1.82) is 0 Å². The van der Waals surface area contributed by atoms with Gasteiger partial charge in [0.15, 0.2) is 0 Å². The molecule has 3 rings (SSSR count). The number of nitrogens with one attached hydrogen (secondary N) is 2. The molecular weight excluding hydrogens is 278 g/mol. The molecule has 2 aromatic rings. The Kier molecular flexibility index (Phi) is 4.42. The Hall–Kier alpha value is -2.30. The number of amides is 2. The number of hydrazine groups is 1. The van der Waals surface area contributed by atoms with Crippen molar-refractivity contribution in [2.75, 3.05) is 0 Å². The Morgan fingerprint density at radius 3 is 2.64 bits per heavy atom. The molecule has 1 heterocycles. The third-order valence-corrected chi connectivity index (χ3v) is 4.30. The molecule has 1 aromatic carbocycles. The molecule has 2 amide bonds. The van der Waals surface area contributed by atoms with E-state index in [0.717, 1.165) is 36.6 Å². The number of rotatable bonds is 3. The van der Waals surface area contributed by atoms with Crippen LogP contribution in [0, 0.1) is 5.92 Å². The second-order valence-corrected chi connectivity index (χ2v) is 5.87. The largest absolute Gasteiger partial charge is 0.338 e. The highest BCUT2D eigenvalue weighted by atomic mass is 16.2. The van der Waals surface area contributed by atoms with Crippen molar-refractivity contribution < 1.29 is 9.59 Å². The monoisotopic (exact) mass is 299 g/mol. The van der Waals surface area contributed by atoms with Crippen LogP contribution in [0.2, 0.25) is 0 Å². The van der Waals surface area contributed by atoms with Crippen molar-refractivity contribution in [3.8, 4) is 0 Å². The summed E-state index contributed by atoms with van der Waals surface area (Å²) in [6, 6.07) is 9.87. The molecule has 1 fully saturated rings. The van der Waals surface area contributed by atoms with E-state index in [9.17, 15) is 9.59 Å². The highest BCUT2D eigenvalue weighted by Gasteiger charge is 2.21. The molecule has 1 saturated carbocycles. The molecule has 5 heteroatoms. The summed E-state index contributed by atoms with van der Waals surface area (Å²) in [6.07, 6.45) is 7.13. The van der Waals surface area contributed by atoms with Crippen LogP contribution in [-0.2, 0) is 16.1 Å². The number of carbonyl (C=O) groups is 2. The molecular formula is C17H21N3O2. The lowest BCUT2D eigenvalue weighted by molar-refractivity contribution is -0.132. The molecule has 0 aliphatic heterocycles. The number of aromatic nitrogens is 1. The zero-order valence-electron chi connectivity index (χ0n) is 12.5. The highest BCUT2D eigenvalue weighted by molar-refractivity contribution is 5.85. The molecule has 1 aromatic heterocycles. The van der Waals surface area contributed by atoms with Crippen molar-refractivity contribution in [2.24, 2.45) is 5.92 Å². The molecule has 2 N–H and O–H groups in total.